The maximum Gasteiger partial charge on any atom is 0.244 e. The van der Waals surface area contributed by atoms with E-state index in [9.17, 15) is 13.2 Å². The van der Waals surface area contributed by atoms with Gasteiger partial charge in [-0.1, -0.05) is 61.7 Å². The van der Waals surface area contributed by atoms with Crippen LogP contribution >= 0.6 is 23.4 Å². The van der Waals surface area contributed by atoms with Crippen LogP contribution in [0.5, 0.6) is 0 Å². The molecule has 3 aromatic rings. The Labute approximate surface area is 221 Å². The van der Waals surface area contributed by atoms with E-state index in [1.165, 1.54) is 41.8 Å². The molecule has 0 bridgehead atoms. The molecule has 0 saturated carbocycles. The molecule has 36 heavy (non-hydrogen) atoms. The number of benzene rings is 2. The van der Waals surface area contributed by atoms with E-state index in [1.54, 1.807) is 11.8 Å². The van der Waals surface area contributed by atoms with Gasteiger partial charge in [-0.3, -0.25) is 4.79 Å². The fourth-order valence-electron chi connectivity index (χ4n) is 4.04. The highest BCUT2D eigenvalue weighted by Gasteiger charge is 2.27. The lowest BCUT2D eigenvalue weighted by molar-refractivity contribution is -0.116. The highest BCUT2D eigenvalue weighted by molar-refractivity contribution is 7.99. The van der Waals surface area contributed by atoms with Gasteiger partial charge in [-0.25, -0.2) is 13.4 Å². The van der Waals surface area contributed by atoms with Gasteiger partial charge in [0.2, 0.25) is 15.9 Å². The number of nitrogens with one attached hydrogen (secondary N) is 1. The summed E-state index contributed by atoms with van der Waals surface area (Å²) in [4.78, 5) is 17.9. The van der Waals surface area contributed by atoms with E-state index in [0.717, 1.165) is 28.4 Å². The van der Waals surface area contributed by atoms with Crippen molar-refractivity contribution in [3.05, 3.63) is 47.5 Å². The Morgan fingerprint density at radius 3 is 2.69 bits per heavy atom. The van der Waals surface area contributed by atoms with Crippen molar-refractivity contribution in [2.75, 3.05) is 37.4 Å². The number of amides is 1. The first kappa shape index (κ1) is 26.9. The number of sulfonamides is 1. The molecule has 1 aromatic heterocycles. The molecule has 2 aromatic carbocycles. The fraction of sp³-hybridized carbons (Fsp3) is 0.440. The van der Waals surface area contributed by atoms with Crippen LogP contribution in [0.2, 0.25) is 5.02 Å². The lowest BCUT2D eigenvalue weighted by Gasteiger charge is -2.26. The molecule has 4 rings (SSSR count). The third-order valence-electron chi connectivity index (χ3n) is 5.97. The lowest BCUT2D eigenvalue weighted by Crippen LogP contribution is -2.40. The van der Waals surface area contributed by atoms with Crippen LogP contribution in [0.1, 0.15) is 32.6 Å². The Bertz CT molecular complexity index is 1310. The molecule has 1 N–H and O–H groups in total. The summed E-state index contributed by atoms with van der Waals surface area (Å²) in [6, 6.07) is 12.1. The van der Waals surface area contributed by atoms with Gasteiger partial charge >= 0.3 is 0 Å². The average molecular weight is 551 g/mol. The number of ether oxygens (including phenoxy) is 1. The summed E-state index contributed by atoms with van der Waals surface area (Å²) >= 11 is 7.98. The molecule has 2 heterocycles. The average Bonchev–Trinajstić information content (AvgIpc) is 3.22. The number of aromatic nitrogens is 2. The third-order valence-corrected chi connectivity index (χ3v) is 9.26. The van der Waals surface area contributed by atoms with Crippen LogP contribution in [-0.2, 0) is 26.1 Å². The van der Waals surface area contributed by atoms with Gasteiger partial charge in [-0.15, -0.1) is 0 Å². The number of hydrogen-bond acceptors (Lipinski definition) is 6. The number of hydrogen-bond donors (Lipinski definition) is 1. The SMILES string of the molecule is CCCCCCSc1nc2ccccc2n1CC(=O)Nc1cc(S(=O)(=O)N2CCOCC2)ccc1Cl. The summed E-state index contributed by atoms with van der Waals surface area (Å²) in [5.41, 5.74) is 1.96. The summed E-state index contributed by atoms with van der Waals surface area (Å²) in [6.45, 7) is 3.51. The Balaban J connectivity index is 1.51. The third kappa shape index (κ3) is 6.41. The van der Waals surface area contributed by atoms with E-state index in [1.807, 2.05) is 28.8 Å². The van der Waals surface area contributed by atoms with Gasteiger partial charge < -0.3 is 14.6 Å². The van der Waals surface area contributed by atoms with Crippen LogP contribution < -0.4 is 5.32 Å². The van der Waals surface area contributed by atoms with Crippen LogP contribution in [0.25, 0.3) is 11.0 Å². The number of carbonyl (C=O) groups is 1. The van der Waals surface area contributed by atoms with Crippen molar-refractivity contribution in [3.8, 4) is 0 Å². The van der Waals surface area contributed by atoms with Crippen molar-refractivity contribution < 1.29 is 17.9 Å². The molecular formula is C25H31ClN4O4S2. The second-order valence-corrected chi connectivity index (χ2v) is 12.0. The fourth-order valence-corrected chi connectivity index (χ4v) is 6.65. The van der Waals surface area contributed by atoms with Crippen molar-refractivity contribution in [2.45, 2.75) is 49.2 Å². The Hall–Kier alpha value is -2.11. The van der Waals surface area contributed by atoms with Gasteiger partial charge in [0.1, 0.15) is 6.54 Å². The van der Waals surface area contributed by atoms with E-state index in [-0.39, 0.29) is 28.1 Å². The van der Waals surface area contributed by atoms with Crippen molar-refractivity contribution in [1.29, 1.82) is 0 Å². The second-order valence-electron chi connectivity index (χ2n) is 8.58. The van der Waals surface area contributed by atoms with E-state index in [4.69, 9.17) is 21.3 Å². The van der Waals surface area contributed by atoms with Crippen molar-refractivity contribution >= 4 is 56.0 Å². The maximum atomic E-state index is 13.1. The summed E-state index contributed by atoms with van der Waals surface area (Å²) in [5, 5.41) is 3.86. The molecule has 11 heteroatoms. The standard InChI is InChI=1S/C25H31ClN4O4S2/c1-2-3-4-7-16-35-25-28-21-8-5-6-9-23(21)30(25)18-24(31)27-22-17-19(10-11-20(22)26)36(32,33)29-12-14-34-15-13-29/h5-6,8-11,17H,2-4,7,12-16,18H2,1H3,(H,27,31). The highest BCUT2D eigenvalue weighted by Crippen LogP contribution is 2.29. The number of para-hydroxylation sites is 2. The Kier molecular flexibility index (Phi) is 9.30. The molecular weight excluding hydrogens is 520 g/mol. The number of fused-ring (bicyclic) bond motifs is 1. The number of imidazole rings is 1. The number of morpholine rings is 1. The number of halogens is 1. The monoisotopic (exact) mass is 550 g/mol. The molecule has 1 fully saturated rings. The van der Waals surface area contributed by atoms with Crippen LogP contribution in [-0.4, -0.2) is 60.2 Å². The molecule has 0 aliphatic carbocycles. The van der Waals surface area contributed by atoms with Gasteiger partial charge in [-0.2, -0.15) is 4.31 Å². The van der Waals surface area contributed by atoms with Crippen molar-refractivity contribution in [3.63, 3.8) is 0 Å². The first-order chi connectivity index (χ1) is 17.4. The summed E-state index contributed by atoms with van der Waals surface area (Å²) in [6.07, 6.45) is 4.65. The minimum atomic E-state index is -3.71. The number of carbonyl (C=O) groups excluding carboxylic acids is 1. The first-order valence-electron chi connectivity index (χ1n) is 12.2. The first-order valence-corrected chi connectivity index (χ1v) is 15.0. The molecule has 1 saturated heterocycles. The van der Waals surface area contributed by atoms with Crippen LogP contribution in [0.4, 0.5) is 5.69 Å². The molecule has 0 unspecified atom stereocenters. The minimum absolute atomic E-state index is 0.0363. The van der Waals surface area contributed by atoms with Crippen LogP contribution in [0, 0.1) is 0 Å². The zero-order chi connectivity index (χ0) is 25.5. The van der Waals surface area contributed by atoms with Crippen molar-refractivity contribution in [2.24, 2.45) is 0 Å². The molecule has 1 aliphatic rings. The number of anilines is 1. The van der Waals surface area contributed by atoms with Crippen molar-refractivity contribution in [1.82, 2.24) is 13.9 Å². The van der Waals surface area contributed by atoms with E-state index in [2.05, 4.69) is 12.2 Å². The predicted molar refractivity (Wildman–Crippen MR) is 144 cm³/mol. The number of nitrogens with zero attached hydrogens (tertiary/aromatic N) is 3. The maximum absolute atomic E-state index is 13.1. The summed E-state index contributed by atoms with van der Waals surface area (Å²) in [7, 11) is -3.71. The Morgan fingerprint density at radius 2 is 1.92 bits per heavy atom. The smallest absolute Gasteiger partial charge is 0.244 e. The molecule has 8 nitrogen and oxygen atoms in total. The zero-order valence-electron chi connectivity index (χ0n) is 20.3. The van der Waals surface area contributed by atoms with Gasteiger partial charge in [0.15, 0.2) is 5.16 Å². The quantitative estimate of drug-likeness (QED) is 0.266. The predicted octanol–water partition coefficient (Wildman–Crippen LogP) is 5.02. The van der Waals surface area contributed by atoms with Crippen LogP contribution in [0.3, 0.4) is 0 Å². The van der Waals surface area contributed by atoms with Gasteiger partial charge in [0.25, 0.3) is 0 Å². The normalized spacial score (nSPS) is 14.8. The van der Waals surface area contributed by atoms with E-state index >= 15 is 0 Å². The van der Waals surface area contributed by atoms with Gasteiger partial charge in [0, 0.05) is 18.8 Å². The lowest BCUT2D eigenvalue weighted by atomic mass is 10.2. The summed E-state index contributed by atoms with van der Waals surface area (Å²) < 4.78 is 34.6. The van der Waals surface area contributed by atoms with Crippen LogP contribution in [0.15, 0.2) is 52.5 Å². The van der Waals surface area contributed by atoms with E-state index in [0.29, 0.717) is 26.3 Å². The molecule has 0 spiro atoms. The zero-order valence-corrected chi connectivity index (χ0v) is 22.7. The number of unbranched alkanes of at least 4 members (excludes halogenated alkanes) is 3. The molecule has 1 aliphatic heterocycles. The second kappa shape index (κ2) is 12.4. The highest BCUT2D eigenvalue weighted by atomic mass is 35.5. The number of thioether (sulfide) groups is 1. The van der Waals surface area contributed by atoms with Gasteiger partial charge in [-0.05, 0) is 36.8 Å². The molecule has 194 valence electrons. The van der Waals surface area contributed by atoms with E-state index < -0.39 is 10.0 Å². The topological polar surface area (TPSA) is 93.5 Å². The summed E-state index contributed by atoms with van der Waals surface area (Å²) in [5.74, 6) is 0.617. The minimum Gasteiger partial charge on any atom is -0.379 e. The molecule has 1 amide bonds. The number of rotatable bonds is 11. The van der Waals surface area contributed by atoms with Gasteiger partial charge in [0.05, 0.1) is 39.9 Å². The molecule has 0 atom stereocenters. The largest absolute Gasteiger partial charge is 0.379 e. The molecule has 0 radical (unpaired) electrons. The Morgan fingerprint density at radius 1 is 1.14 bits per heavy atom.